The van der Waals surface area contributed by atoms with Gasteiger partial charge in [0.15, 0.2) is 17.5 Å². The van der Waals surface area contributed by atoms with E-state index in [0.717, 1.165) is 55.5 Å². The Hall–Kier alpha value is -8.19. The first kappa shape index (κ1) is 35.6. The van der Waals surface area contributed by atoms with E-state index in [1.807, 2.05) is 47.7 Å². The van der Waals surface area contributed by atoms with Crippen molar-refractivity contribution >= 4 is 75.1 Å². The largest absolute Gasteiger partial charge is 0.308 e. The Labute approximate surface area is 366 Å². The molecule has 0 fully saturated rings. The van der Waals surface area contributed by atoms with Gasteiger partial charge in [0.25, 0.3) is 0 Å². The lowest BCUT2D eigenvalue weighted by molar-refractivity contribution is 1.06. The molecule has 4 heterocycles. The van der Waals surface area contributed by atoms with Crippen molar-refractivity contribution in [1.29, 1.82) is 0 Å². The van der Waals surface area contributed by atoms with E-state index in [2.05, 4.69) is 185 Å². The highest BCUT2D eigenvalue weighted by Gasteiger charge is 2.28. The van der Waals surface area contributed by atoms with Crippen LogP contribution >= 0.6 is 11.3 Å². The Bertz CT molecular complexity index is 3740. The molecular formula is C57H35N5S. The van der Waals surface area contributed by atoms with Gasteiger partial charge in [-0.05, 0) is 41.5 Å². The number of fused-ring (bicyclic) bond motifs is 9. The third kappa shape index (κ3) is 5.52. The van der Waals surface area contributed by atoms with Crippen molar-refractivity contribution in [3.63, 3.8) is 0 Å². The van der Waals surface area contributed by atoms with E-state index in [9.17, 15) is 0 Å². The molecule has 0 radical (unpaired) electrons. The molecule has 6 heteroatoms. The molecule has 0 bridgehead atoms. The number of benzene rings is 9. The molecule has 5 nitrogen and oxygen atoms in total. The molecule has 0 spiro atoms. The maximum Gasteiger partial charge on any atom is 0.166 e. The van der Waals surface area contributed by atoms with Crippen LogP contribution in [0.4, 0.5) is 0 Å². The first-order chi connectivity index (χ1) is 31.3. The molecule has 0 saturated carbocycles. The van der Waals surface area contributed by atoms with Crippen molar-refractivity contribution in [3.05, 3.63) is 212 Å². The zero-order chi connectivity index (χ0) is 41.4. The zero-order valence-electron chi connectivity index (χ0n) is 33.9. The van der Waals surface area contributed by atoms with Crippen molar-refractivity contribution in [3.8, 4) is 56.7 Å². The molecule has 0 aliphatic heterocycles. The van der Waals surface area contributed by atoms with Crippen molar-refractivity contribution in [1.82, 2.24) is 24.1 Å². The van der Waals surface area contributed by atoms with Gasteiger partial charge in [-0.15, -0.1) is 11.3 Å². The fourth-order valence-electron chi connectivity index (χ4n) is 9.63. The topological polar surface area (TPSA) is 48.5 Å². The van der Waals surface area contributed by atoms with Crippen LogP contribution in [0, 0.1) is 0 Å². The second-order valence-corrected chi connectivity index (χ2v) is 16.9. The van der Waals surface area contributed by atoms with E-state index in [4.69, 9.17) is 15.0 Å². The SMILES string of the molecule is c1ccc(-c2nc(-c3ccccc3)nc(-c3cc(-n4c5ccccc5c5ccccc54)c4sc5c(-c6ccccc6)cccc5c4c3-n3c4ccccc4c4ccccc43)n2)cc1. The second kappa shape index (κ2) is 14.2. The maximum atomic E-state index is 5.47. The molecule has 0 aliphatic carbocycles. The standard InChI is InChI=1S/C57H35N5S/c1-4-19-36(20-5-1)39-29-18-30-44-51-52(62-48-33-16-12-27-42(48)43-28-13-17-34-49(43)62)45(57-59-55(37-21-6-2-7-22-37)58-56(60-57)38-23-8-3-9-24-38)35-50(54(51)63-53(39)44)61-46-31-14-10-25-40(46)41-26-11-15-32-47(41)61/h1-35H. The van der Waals surface area contributed by atoms with Crippen molar-refractivity contribution < 1.29 is 0 Å². The van der Waals surface area contributed by atoms with Gasteiger partial charge in [0.2, 0.25) is 0 Å². The normalized spacial score (nSPS) is 11.8. The van der Waals surface area contributed by atoms with Gasteiger partial charge in [-0.25, -0.2) is 15.0 Å². The van der Waals surface area contributed by atoms with Gasteiger partial charge in [0.1, 0.15) is 0 Å². The Kier molecular flexibility index (Phi) is 8.01. The van der Waals surface area contributed by atoms with Crippen LogP contribution in [-0.4, -0.2) is 24.1 Å². The van der Waals surface area contributed by atoms with Crippen molar-refractivity contribution in [2.45, 2.75) is 0 Å². The predicted molar refractivity (Wildman–Crippen MR) is 263 cm³/mol. The first-order valence-electron chi connectivity index (χ1n) is 21.2. The van der Waals surface area contributed by atoms with Crippen LogP contribution in [-0.2, 0) is 0 Å². The van der Waals surface area contributed by atoms with Crippen LogP contribution in [0.5, 0.6) is 0 Å². The van der Waals surface area contributed by atoms with Crippen molar-refractivity contribution in [2.24, 2.45) is 0 Å². The van der Waals surface area contributed by atoms with E-state index >= 15 is 0 Å². The second-order valence-electron chi connectivity index (χ2n) is 15.9. The Morgan fingerprint density at radius 3 is 1.24 bits per heavy atom. The van der Waals surface area contributed by atoms with E-state index in [0.29, 0.717) is 17.5 Å². The van der Waals surface area contributed by atoms with E-state index in [1.165, 1.54) is 47.5 Å². The molecule has 4 aromatic heterocycles. The lowest BCUT2D eigenvalue weighted by Gasteiger charge is -2.19. The lowest BCUT2D eigenvalue weighted by Crippen LogP contribution is -2.06. The van der Waals surface area contributed by atoms with E-state index in [1.54, 1.807) is 0 Å². The highest BCUT2D eigenvalue weighted by atomic mass is 32.1. The third-order valence-electron chi connectivity index (χ3n) is 12.4. The molecule has 294 valence electrons. The smallest absolute Gasteiger partial charge is 0.166 e. The molecule has 0 amide bonds. The summed E-state index contributed by atoms with van der Waals surface area (Å²) in [6, 6.07) is 75.5. The van der Waals surface area contributed by atoms with Gasteiger partial charge < -0.3 is 9.13 Å². The van der Waals surface area contributed by atoms with Gasteiger partial charge in [-0.3, -0.25) is 0 Å². The molecule has 0 atom stereocenters. The summed E-state index contributed by atoms with van der Waals surface area (Å²) in [4.78, 5) is 16.1. The summed E-state index contributed by atoms with van der Waals surface area (Å²) in [5, 5.41) is 7.12. The molecule has 0 saturated heterocycles. The summed E-state index contributed by atoms with van der Waals surface area (Å²) in [6.45, 7) is 0. The van der Waals surface area contributed by atoms with Gasteiger partial charge in [-0.1, -0.05) is 182 Å². The van der Waals surface area contributed by atoms with Gasteiger partial charge in [0, 0.05) is 53.7 Å². The van der Waals surface area contributed by atoms with Crippen LogP contribution < -0.4 is 0 Å². The van der Waals surface area contributed by atoms with Crippen LogP contribution in [0.2, 0.25) is 0 Å². The average Bonchev–Trinajstić information content (AvgIpc) is 4.03. The highest BCUT2D eigenvalue weighted by molar-refractivity contribution is 7.27. The molecular weight excluding hydrogens is 787 g/mol. The number of aromatic nitrogens is 5. The number of hydrogen-bond donors (Lipinski definition) is 0. The van der Waals surface area contributed by atoms with Crippen LogP contribution in [0.25, 0.3) is 120 Å². The molecule has 13 rings (SSSR count). The highest BCUT2D eigenvalue weighted by Crippen LogP contribution is 2.50. The summed E-state index contributed by atoms with van der Waals surface area (Å²) in [7, 11) is 0. The summed E-state index contributed by atoms with van der Waals surface area (Å²) in [5.41, 5.74) is 11.8. The van der Waals surface area contributed by atoms with Crippen molar-refractivity contribution in [2.75, 3.05) is 0 Å². The lowest BCUT2D eigenvalue weighted by atomic mass is 9.99. The Morgan fingerprint density at radius 1 is 0.317 bits per heavy atom. The minimum absolute atomic E-state index is 0.599. The molecule has 0 aliphatic rings. The third-order valence-corrected chi connectivity index (χ3v) is 13.6. The number of thiophene rings is 1. The molecule has 9 aromatic carbocycles. The summed E-state index contributed by atoms with van der Waals surface area (Å²) >= 11 is 1.86. The number of hydrogen-bond acceptors (Lipinski definition) is 4. The molecule has 63 heavy (non-hydrogen) atoms. The number of para-hydroxylation sites is 4. The van der Waals surface area contributed by atoms with E-state index < -0.39 is 0 Å². The fraction of sp³-hybridized carbons (Fsp3) is 0. The fourth-order valence-corrected chi connectivity index (χ4v) is 11.0. The Morgan fingerprint density at radius 2 is 0.730 bits per heavy atom. The zero-order valence-corrected chi connectivity index (χ0v) is 34.7. The molecule has 0 unspecified atom stereocenters. The molecule has 13 aromatic rings. The van der Waals surface area contributed by atoms with Gasteiger partial charge in [0.05, 0.1) is 38.1 Å². The van der Waals surface area contributed by atoms with Crippen LogP contribution in [0.3, 0.4) is 0 Å². The minimum atomic E-state index is 0.599. The monoisotopic (exact) mass is 821 g/mol. The average molecular weight is 822 g/mol. The summed E-state index contributed by atoms with van der Waals surface area (Å²) in [5.74, 6) is 1.84. The number of nitrogens with zero attached hydrogens (tertiary/aromatic N) is 5. The van der Waals surface area contributed by atoms with E-state index in [-0.39, 0.29) is 0 Å². The van der Waals surface area contributed by atoms with Crippen LogP contribution in [0.15, 0.2) is 212 Å². The minimum Gasteiger partial charge on any atom is -0.308 e. The van der Waals surface area contributed by atoms with Crippen LogP contribution in [0.1, 0.15) is 0 Å². The Balaban J connectivity index is 1.28. The van der Waals surface area contributed by atoms with Gasteiger partial charge >= 0.3 is 0 Å². The summed E-state index contributed by atoms with van der Waals surface area (Å²) < 4.78 is 7.33. The maximum absolute atomic E-state index is 5.47. The number of rotatable bonds is 6. The molecule has 0 N–H and O–H groups in total. The van der Waals surface area contributed by atoms with Gasteiger partial charge in [-0.2, -0.15) is 0 Å². The first-order valence-corrected chi connectivity index (χ1v) is 22.0. The predicted octanol–water partition coefficient (Wildman–Crippen LogP) is 15.1. The summed E-state index contributed by atoms with van der Waals surface area (Å²) in [6.07, 6.45) is 0. The quantitative estimate of drug-likeness (QED) is 0.168.